The molecule has 0 amide bonds. The van der Waals surface area contributed by atoms with E-state index in [0.717, 1.165) is 54.9 Å². The van der Waals surface area contributed by atoms with Gasteiger partial charge in [0.1, 0.15) is 0 Å². The van der Waals surface area contributed by atoms with E-state index in [1.165, 1.54) is 0 Å². The molecular weight excluding hydrogens is 426 g/mol. The lowest BCUT2D eigenvalue weighted by Gasteiger charge is -2.41. The van der Waals surface area contributed by atoms with Crippen molar-refractivity contribution in [3.63, 3.8) is 0 Å². The average Bonchev–Trinajstić information content (AvgIpc) is 2.68. The number of benzene rings is 2. The highest BCUT2D eigenvalue weighted by atomic mass is 79.9. The van der Waals surface area contributed by atoms with Crippen molar-refractivity contribution in [2.24, 2.45) is 0 Å². The maximum Gasteiger partial charge on any atom is 0.0976 e. The number of hydrogen-bond acceptors (Lipinski definition) is 3. The first-order valence-electron chi connectivity index (χ1n) is 9.57. The van der Waals surface area contributed by atoms with Gasteiger partial charge in [-0.3, -0.25) is 4.90 Å². The first-order chi connectivity index (χ1) is 13.0. The molecule has 5 heteroatoms. The van der Waals surface area contributed by atoms with E-state index in [1.54, 1.807) is 0 Å². The number of ether oxygens (including phenoxy) is 1. The molecule has 146 valence electrons. The molecule has 0 aromatic heterocycles. The van der Waals surface area contributed by atoms with E-state index < -0.39 is 5.60 Å². The topological polar surface area (TPSA) is 32.7 Å². The van der Waals surface area contributed by atoms with E-state index in [2.05, 4.69) is 27.8 Å². The summed E-state index contributed by atoms with van der Waals surface area (Å²) < 4.78 is 6.52. The maximum absolute atomic E-state index is 12.0. The van der Waals surface area contributed by atoms with Crippen molar-refractivity contribution >= 4 is 27.5 Å². The first kappa shape index (κ1) is 20.8. The van der Waals surface area contributed by atoms with Crippen molar-refractivity contribution in [3.8, 4) is 0 Å². The Hall–Kier alpha value is -0.910. The van der Waals surface area contributed by atoms with Crippen molar-refractivity contribution in [1.82, 2.24) is 4.90 Å². The van der Waals surface area contributed by atoms with Gasteiger partial charge < -0.3 is 9.84 Å². The Labute approximate surface area is 175 Å². The van der Waals surface area contributed by atoms with E-state index in [-0.39, 0.29) is 5.92 Å². The first-order valence-corrected chi connectivity index (χ1v) is 10.7. The van der Waals surface area contributed by atoms with Gasteiger partial charge in [0.15, 0.2) is 0 Å². The molecule has 0 radical (unpaired) electrons. The second-order valence-electron chi connectivity index (χ2n) is 7.20. The highest BCUT2D eigenvalue weighted by Gasteiger charge is 2.39. The Morgan fingerprint density at radius 2 is 1.74 bits per heavy atom. The minimum Gasteiger partial charge on any atom is -0.384 e. The number of nitrogens with zero attached hydrogens (tertiary/aromatic N) is 1. The lowest BCUT2D eigenvalue weighted by Crippen LogP contribution is -2.45. The van der Waals surface area contributed by atoms with Crippen LogP contribution in [0.2, 0.25) is 5.02 Å². The van der Waals surface area contributed by atoms with E-state index >= 15 is 0 Å². The number of morpholine rings is 1. The molecule has 0 aliphatic carbocycles. The van der Waals surface area contributed by atoms with Crippen LogP contribution in [0, 0.1) is 0 Å². The molecule has 0 saturated carbocycles. The van der Waals surface area contributed by atoms with Crippen molar-refractivity contribution in [1.29, 1.82) is 0 Å². The molecule has 1 aliphatic rings. The van der Waals surface area contributed by atoms with E-state index in [1.807, 2.05) is 48.5 Å². The Bertz CT molecular complexity index is 716. The molecule has 3 nitrogen and oxygen atoms in total. The molecule has 0 unspecified atom stereocenters. The van der Waals surface area contributed by atoms with Crippen LogP contribution in [0.15, 0.2) is 53.0 Å². The van der Waals surface area contributed by atoms with Gasteiger partial charge >= 0.3 is 0 Å². The fourth-order valence-electron chi connectivity index (χ4n) is 3.91. The highest BCUT2D eigenvalue weighted by Crippen LogP contribution is 2.42. The summed E-state index contributed by atoms with van der Waals surface area (Å²) in [4.78, 5) is 2.39. The summed E-state index contributed by atoms with van der Waals surface area (Å²) >= 11 is 9.63. The lowest BCUT2D eigenvalue weighted by atomic mass is 9.74. The van der Waals surface area contributed by atoms with Crippen LogP contribution in [0.25, 0.3) is 0 Å². The number of halogens is 2. The van der Waals surface area contributed by atoms with Crippen molar-refractivity contribution in [3.05, 3.63) is 69.2 Å². The Morgan fingerprint density at radius 1 is 1.11 bits per heavy atom. The Morgan fingerprint density at radius 3 is 2.33 bits per heavy atom. The van der Waals surface area contributed by atoms with E-state index in [9.17, 15) is 5.11 Å². The second-order valence-corrected chi connectivity index (χ2v) is 8.55. The van der Waals surface area contributed by atoms with Gasteiger partial charge in [-0.25, -0.2) is 0 Å². The summed E-state index contributed by atoms with van der Waals surface area (Å²) in [7, 11) is 0. The fraction of sp³-hybridized carbons (Fsp3) is 0.455. The normalized spacial score (nSPS) is 18.8. The third-order valence-electron chi connectivity index (χ3n) is 5.37. The van der Waals surface area contributed by atoms with Crippen LogP contribution in [0.5, 0.6) is 0 Å². The Balaban J connectivity index is 2.00. The molecule has 1 saturated heterocycles. The molecule has 1 N–H and O–H groups in total. The molecule has 2 atom stereocenters. The molecule has 1 fully saturated rings. The van der Waals surface area contributed by atoms with Crippen LogP contribution < -0.4 is 0 Å². The Kier molecular flexibility index (Phi) is 7.35. The van der Waals surface area contributed by atoms with Gasteiger partial charge in [0.2, 0.25) is 0 Å². The van der Waals surface area contributed by atoms with Gasteiger partial charge in [-0.05, 0) is 41.8 Å². The van der Waals surface area contributed by atoms with Crippen LogP contribution in [-0.4, -0.2) is 42.9 Å². The monoisotopic (exact) mass is 451 g/mol. The predicted octanol–water partition coefficient (Wildman–Crippen LogP) is 5.21. The zero-order chi connectivity index (χ0) is 19.3. The average molecular weight is 453 g/mol. The summed E-state index contributed by atoms with van der Waals surface area (Å²) in [5.74, 6) is -0.0472. The van der Waals surface area contributed by atoms with Crippen LogP contribution in [-0.2, 0) is 10.3 Å². The summed E-state index contributed by atoms with van der Waals surface area (Å²) in [6.45, 7) is 6.20. The molecule has 0 bridgehead atoms. The van der Waals surface area contributed by atoms with Crippen LogP contribution in [0.1, 0.15) is 36.8 Å². The number of aliphatic hydroxyl groups is 1. The minimum absolute atomic E-state index is 0.0472. The molecule has 1 aliphatic heterocycles. The molecule has 3 rings (SSSR count). The van der Waals surface area contributed by atoms with Gasteiger partial charge in [-0.2, -0.15) is 0 Å². The smallest absolute Gasteiger partial charge is 0.0976 e. The zero-order valence-corrected chi connectivity index (χ0v) is 18.0. The molecule has 1 heterocycles. The minimum atomic E-state index is -0.943. The van der Waals surface area contributed by atoms with Crippen LogP contribution in [0.4, 0.5) is 0 Å². The zero-order valence-electron chi connectivity index (χ0n) is 15.7. The van der Waals surface area contributed by atoms with Crippen molar-refractivity contribution in [2.75, 3.05) is 32.8 Å². The van der Waals surface area contributed by atoms with Gasteiger partial charge in [-0.1, -0.05) is 65.1 Å². The summed E-state index contributed by atoms with van der Waals surface area (Å²) in [6.07, 6.45) is 1.60. The van der Waals surface area contributed by atoms with E-state index in [0.29, 0.717) is 11.4 Å². The second kappa shape index (κ2) is 9.53. The summed E-state index contributed by atoms with van der Waals surface area (Å²) in [5.41, 5.74) is 1.13. The van der Waals surface area contributed by atoms with Gasteiger partial charge in [0.05, 0.1) is 18.8 Å². The highest BCUT2D eigenvalue weighted by molar-refractivity contribution is 9.10. The largest absolute Gasteiger partial charge is 0.384 e. The summed E-state index contributed by atoms with van der Waals surface area (Å²) in [6, 6.07) is 16.0. The van der Waals surface area contributed by atoms with Gasteiger partial charge in [0.25, 0.3) is 0 Å². The van der Waals surface area contributed by atoms with Crippen LogP contribution >= 0.6 is 27.5 Å². The van der Waals surface area contributed by atoms with E-state index in [4.69, 9.17) is 16.3 Å². The standard InChI is InChI=1S/C22H27BrClNO2/c1-2-11-22(26,18-5-7-19(23)8-6-18)21(16-25-12-14-27-15-13-25)17-3-9-20(24)10-4-17/h3-10,21,26H,2,11-16H2,1H3/t21-,22-/m1/s1. The molecule has 0 spiro atoms. The predicted molar refractivity (Wildman–Crippen MR) is 114 cm³/mol. The molecule has 27 heavy (non-hydrogen) atoms. The van der Waals surface area contributed by atoms with Gasteiger partial charge in [0, 0.05) is 35.0 Å². The van der Waals surface area contributed by atoms with Gasteiger partial charge in [-0.15, -0.1) is 0 Å². The SMILES string of the molecule is CCC[C@@](O)(c1ccc(Br)cc1)[C@H](CN1CCOCC1)c1ccc(Cl)cc1. The fourth-order valence-corrected chi connectivity index (χ4v) is 4.30. The molecular formula is C22H27BrClNO2. The quantitative estimate of drug-likeness (QED) is 0.626. The lowest BCUT2D eigenvalue weighted by molar-refractivity contribution is -0.0285. The van der Waals surface area contributed by atoms with Crippen LogP contribution in [0.3, 0.4) is 0 Å². The number of rotatable bonds is 7. The summed E-state index contributed by atoms with van der Waals surface area (Å²) in [5, 5.41) is 12.7. The van der Waals surface area contributed by atoms with Crippen molar-refractivity contribution < 1.29 is 9.84 Å². The number of hydrogen-bond donors (Lipinski definition) is 1. The maximum atomic E-state index is 12.0. The van der Waals surface area contributed by atoms with Crippen molar-refractivity contribution in [2.45, 2.75) is 31.3 Å². The molecule has 2 aromatic carbocycles. The molecule has 2 aromatic rings. The third kappa shape index (κ3) is 5.12. The third-order valence-corrected chi connectivity index (χ3v) is 6.15.